The number of alkyl halides is 3. The van der Waals surface area contributed by atoms with Crippen LogP contribution in [-0.2, 0) is 34.4 Å². The molecule has 0 saturated heterocycles. The number of hydrogen-bond acceptors (Lipinski definition) is 5. The number of halogens is 3. The number of fused-ring (bicyclic) bond motifs is 3. The molecule has 0 bridgehead atoms. The van der Waals surface area contributed by atoms with Crippen LogP contribution in [0.2, 0.25) is 0 Å². The molecule has 36 heavy (non-hydrogen) atoms. The second kappa shape index (κ2) is 9.29. The molecule has 1 atom stereocenters. The summed E-state index contributed by atoms with van der Waals surface area (Å²) >= 11 is 0. The topological polar surface area (TPSA) is 91.8 Å². The molecule has 5 rings (SSSR count). The highest BCUT2D eigenvalue weighted by atomic mass is 19.4. The van der Waals surface area contributed by atoms with E-state index in [4.69, 9.17) is 14.8 Å². The van der Waals surface area contributed by atoms with Crippen molar-refractivity contribution in [3.8, 4) is 5.75 Å². The van der Waals surface area contributed by atoms with Crippen LogP contribution in [0.15, 0.2) is 30.3 Å². The number of carbonyl (C=O) groups is 2. The van der Waals surface area contributed by atoms with Crippen LogP contribution in [0.4, 0.5) is 19.0 Å². The number of carboxylic acid groups (broad SMARTS) is 1. The first kappa shape index (κ1) is 24.4. The van der Waals surface area contributed by atoms with Gasteiger partial charge in [-0.1, -0.05) is 12.1 Å². The fourth-order valence-electron chi connectivity index (χ4n) is 5.35. The Balaban J connectivity index is 1.27. The summed E-state index contributed by atoms with van der Waals surface area (Å²) in [4.78, 5) is 29.4. The lowest BCUT2D eigenvalue weighted by atomic mass is 9.90. The van der Waals surface area contributed by atoms with Crippen LogP contribution in [-0.4, -0.2) is 52.7 Å². The summed E-state index contributed by atoms with van der Waals surface area (Å²) in [6, 6.07) is 9.24. The van der Waals surface area contributed by atoms with Gasteiger partial charge in [-0.2, -0.15) is 13.2 Å². The minimum Gasteiger partial charge on any atom is -0.493 e. The Labute approximate surface area is 206 Å². The zero-order valence-corrected chi connectivity index (χ0v) is 19.7. The normalized spacial score (nSPS) is 20.2. The zero-order chi connectivity index (χ0) is 25.5. The van der Waals surface area contributed by atoms with Crippen molar-refractivity contribution < 1.29 is 32.6 Å². The van der Waals surface area contributed by atoms with Crippen molar-refractivity contribution in [1.29, 1.82) is 0 Å². The Hall–Kier alpha value is -3.30. The molecule has 0 unspecified atom stereocenters. The first-order chi connectivity index (χ1) is 17.1. The fraction of sp³-hybridized carbons (Fsp3) is 0.500. The van der Waals surface area contributed by atoms with Gasteiger partial charge in [-0.25, -0.2) is 4.98 Å². The molecule has 192 valence electrons. The van der Waals surface area contributed by atoms with E-state index >= 15 is 0 Å². The average Bonchev–Trinajstić information content (AvgIpc) is 3.59. The molecule has 1 aliphatic carbocycles. The summed E-state index contributed by atoms with van der Waals surface area (Å²) in [5.74, 6) is -1.63. The summed E-state index contributed by atoms with van der Waals surface area (Å²) in [5.41, 5.74) is 3.69. The second-order valence-electron chi connectivity index (χ2n) is 9.99. The van der Waals surface area contributed by atoms with Gasteiger partial charge >= 0.3 is 12.1 Å². The van der Waals surface area contributed by atoms with Crippen LogP contribution in [0.3, 0.4) is 0 Å². The second-order valence-corrected chi connectivity index (χ2v) is 9.99. The van der Waals surface area contributed by atoms with Crippen molar-refractivity contribution >= 4 is 17.7 Å². The molecule has 1 amide bonds. The molecule has 2 aromatic rings. The molecule has 0 radical (unpaired) electrons. The Morgan fingerprint density at radius 2 is 2.00 bits per heavy atom. The number of carbonyl (C=O) groups excluding carboxylic acids is 1. The van der Waals surface area contributed by atoms with E-state index in [1.165, 1.54) is 18.4 Å². The summed E-state index contributed by atoms with van der Waals surface area (Å²) in [5, 5.41) is 12.5. The first-order valence-corrected chi connectivity index (χ1v) is 12.2. The van der Waals surface area contributed by atoms with Gasteiger partial charge in [0.15, 0.2) is 0 Å². The summed E-state index contributed by atoms with van der Waals surface area (Å²) < 4.78 is 45.3. The SMILES string of the molecule is O=C(O)C[C@@H]1Cc2ccc(OCCc3ccc4c(n3)NCCC43CC3)cc2CN(CC(F)(F)F)C1=O. The Morgan fingerprint density at radius 3 is 2.72 bits per heavy atom. The van der Waals surface area contributed by atoms with Crippen molar-refractivity contribution in [2.75, 3.05) is 25.0 Å². The Bertz CT molecular complexity index is 1180. The maximum Gasteiger partial charge on any atom is 0.406 e. The van der Waals surface area contributed by atoms with Crippen molar-refractivity contribution in [3.63, 3.8) is 0 Å². The van der Waals surface area contributed by atoms with Gasteiger partial charge in [0.05, 0.1) is 18.9 Å². The largest absolute Gasteiger partial charge is 0.493 e. The number of hydrogen-bond donors (Lipinski definition) is 2. The number of aliphatic carboxylic acids is 1. The number of pyridine rings is 1. The van der Waals surface area contributed by atoms with E-state index in [0.717, 1.165) is 24.5 Å². The van der Waals surface area contributed by atoms with Crippen LogP contribution in [0, 0.1) is 5.92 Å². The molecule has 1 saturated carbocycles. The van der Waals surface area contributed by atoms with Gasteiger partial charge in [0.25, 0.3) is 0 Å². The van der Waals surface area contributed by atoms with Gasteiger partial charge in [-0.05, 0) is 55.0 Å². The van der Waals surface area contributed by atoms with Gasteiger partial charge in [0.1, 0.15) is 18.1 Å². The lowest BCUT2D eigenvalue weighted by Gasteiger charge is -2.26. The molecule has 2 aliphatic heterocycles. The van der Waals surface area contributed by atoms with Crippen molar-refractivity contribution in [2.45, 2.75) is 56.7 Å². The van der Waals surface area contributed by atoms with Crippen molar-refractivity contribution in [2.24, 2.45) is 5.92 Å². The van der Waals surface area contributed by atoms with E-state index in [1.54, 1.807) is 18.2 Å². The molecular weight excluding hydrogens is 475 g/mol. The maximum atomic E-state index is 13.1. The van der Waals surface area contributed by atoms with Gasteiger partial charge in [0, 0.05) is 36.2 Å². The first-order valence-electron chi connectivity index (χ1n) is 12.2. The fourth-order valence-corrected chi connectivity index (χ4v) is 5.35. The molecular formula is C26H28F3N3O4. The third-order valence-corrected chi connectivity index (χ3v) is 7.36. The average molecular weight is 504 g/mol. The molecule has 1 aromatic carbocycles. The predicted molar refractivity (Wildman–Crippen MR) is 125 cm³/mol. The standard InChI is InChI=1S/C26H28F3N3O4/c27-26(28,29)15-32-14-18-12-20(3-1-16(18)11-17(24(32)35)13-22(33)34)36-10-5-19-2-4-21-23(31-19)30-9-8-25(21)6-7-25/h1-4,12,17H,5-11,13-15H2,(H,30,31)(H,33,34)/t17-/m0/s1. The van der Waals surface area contributed by atoms with E-state index in [9.17, 15) is 22.8 Å². The number of rotatable bonds is 7. The lowest BCUT2D eigenvalue weighted by molar-refractivity contribution is -0.165. The highest BCUT2D eigenvalue weighted by Gasteiger charge is 2.47. The highest BCUT2D eigenvalue weighted by Crippen LogP contribution is 2.54. The number of carboxylic acids is 1. The zero-order valence-electron chi connectivity index (χ0n) is 19.7. The summed E-state index contributed by atoms with van der Waals surface area (Å²) in [6.45, 7) is -0.411. The van der Waals surface area contributed by atoms with Crippen LogP contribution in [0.25, 0.3) is 0 Å². The molecule has 1 spiro atoms. The Morgan fingerprint density at radius 1 is 1.19 bits per heavy atom. The third kappa shape index (κ3) is 5.27. The highest BCUT2D eigenvalue weighted by molar-refractivity contribution is 5.84. The molecule has 2 N–H and O–H groups in total. The molecule has 10 heteroatoms. The molecule has 3 aliphatic rings. The van der Waals surface area contributed by atoms with E-state index < -0.39 is 36.9 Å². The minimum atomic E-state index is -4.59. The van der Waals surface area contributed by atoms with Crippen LogP contribution < -0.4 is 10.1 Å². The molecule has 1 aromatic heterocycles. The predicted octanol–water partition coefficient (Wildman–Crippen LogP) is 4.09. The Kier molecular flexibility index (Phi) is 6.30. The number of benzene rings is 1. The number of nitrogens with zero attached hydrogens (tertiary/aromatic N) is 2. The number of ether oxygens (including phenoxy) is 1. The van der Waals surface area contributed by atoms with Crippen LogP contribution in [0.5, 0.6) is 5.75 Å². The van der Waals surface area contributed by atoms with Gasteiger partial charge in [-0.15, -0.1) is 0 Å². The van der Waals surface area contributed by atoms with Crippen molar-refractivity contribution in [3.05, 3.63) is 52.7 Å². The van der Waals surface area contributed by atoms with Crippen molar-refractivity contribution in [1.82, 2.24) is 9.88 Å². The van der Waals surface area contributed by atoms with Gasteiger partial charge in [0.2, 0.25) is 5.91 Å². The number of aromatic nitrogens is 1. The summed E-state index contributed by atoms with van der Waals surface area (Å²) in [7, 11) is 0. The van der Waals surface area contributed by atoms with Crippen LogP contribution in [0.1, 0.15) is 48.1 Å². The number of nitrogens with one attached hydrogen (secondary N) is 1. The minimum absolute atomic E-state index is 0.0721. The smallest absolute Gasteiger partial charge is 0.406 e. The lowest BCUT2D eigenvalue weighted by Crippen LogP contribution is -2.41. The number of anilines is 1. The molecule has 1 fully saturated rings. The van der Waals surface area contributed by atoms with Gasteiger partial charge in [-0.3, -0.25) is 9.59 Å². The number of amides is 1. The summed E-state index contributed by atoms with van der Waals surface area (Å²) in [6.07, 6.45) is -0.889. The van der Waals surface area contributed by atoms with Gasteiger partial charge < -0.3 is 20.1 Å². The van der Waals surface area contributed by atoms with E-state index in [2.05, 4.69) is 11.4 Å². The van der Waals surface area contributed by atoms with Crippen LogP contribution >= 0.6 is 0 Å². The molecule has 3 heterocycles. The third-order valence-electron chi connectivity index (χ3n) is 7.36. The quantitative estimate of drug-likeness (QED) is 0.592. The molecule has 7 nitrogen and oxygen atoms in total. The monoisotopic (exact) mass is 503 g/mol. The maximum absolute atomic E-state index is 13.1. The van der Waals surface area contributed by atoms with E-state index in [0.29, 0.717) is 40.2 Å². The van der Waals surface area contributed by atoms with E-state index in [-0.39, 0.29) is 13.0 Å². The van der Waals surface area contributed by atoms with E-state index in [1.807, 2.05) is 6.07 Å².